The number of aliphatic imine (C=N–C) groups is 1. The summed E-state index contributed by atoms with van der Waals surface area (Å²) in [5, 5.41) is 1.15. The fraction of sp³-hybridized carbons (Fsp3) is 0.158. The summed E-state index contributed by atoms with van der Waals surface area (Å²) in [6.07, 6.45) is 1.84. The number of para-hydroxylation sites is 2. The van der Waals surface area contributed by atoms with E-state index >= 15 is 0 Å². The van der Waals surface area contributed by atoms with E-state index in [1.54, 1.807) is 0 Å². The molecular formula is C19H18N2. The molecule has 0 bridgehead atoms. The Morgan fingerprint density at radius 2 is 1.67 bits per heavy atom. The zero-order chi connectivity index (χ0) is 14.7. The molecule has 0 radical (unpaired) electrons. The molecule has 0 aliphatic heterocycles. The fourth-order valence-corrected chi connectivity index (χ4v) is 2.38. The predicted molar refractivity (Wildman–Crippen MR) is 89.5 cm³/mol. The Bertz CT molecular complexity index is 788. The lowest BCUT2D eigenvalue weighted by Crippen LogP contribution is -1.90. The zero-order valence-corrected chi connectivity index (χ0v) is 12.3. The molecule has 0 aliphatic carbocycles. The van der Waals surface area contributed by atoms with Crippen molar-refractivity contribution in [2.45, 2.75) is 19.8 Å². The van der Waals surface area contributed by atoms with Gasteiger partial charge in [0.05, 0.1) is 23.1 Å². The van der Waals surface area contributed by atoms with Crippen LogP contribution in [0.2, 0.25) is 0 Å². The minimum Gasteiger partial charge on any atom is -0.254 e. The Morgan fingerprint density at radius 1 is 0.905 bits per heavy atom. The molecule has 0 spiro atoms. The summed E-state index contributed by atoms with van der Waals surface area (Å²) in [4.78, 5) is 9.23. The van der Waals surface area contributed by atoms with Crippen LogP contribution in [-0.4, -0.2) is 11.2 Å². The Balaban J connectivity index is 1.94. The minimum absolute atomic E-state index is 0.461. The highest BCUT2D eigenvalue weighted by atomic mass is 14.8. The molecule has 1 aromatic heterocycles. The van der Waals surface area contributed by atoms with E-state index in [1.165, 1.54) is 5.56 Å². The van der Waals surface area contributed by atoms with Crippen LogP contribution >= 0.6 is 0 Å². The third-order valence-electron chi connectivity index (χ3n) is 3.51. The Labute approximate surface area is 125 Å². The first-order chi connectivity index (χ1) is 10.2. The number of benzene rings is 2. The van der Waals surface area contributed by atoms with Gasteiger partial charge in [0.2, 0.25) is 0 Å². The molecule has 0 fully saturated rings. The smallest absolute Gasteiger partial charge is 0.0820 e. The normalized spacial score (nSPS) is 11.6. The van der Waals surface area contributed by atoms with E-state index in [0.717, 1.165) is 22.3 Å². The first-order valence-corrected chi connectivity index (χ1v) is 7.23. The van der Waals surface area contributed by atoms with Crippen molar-refractivity contribution >= 4 is 22.8 Å². The van der Waals surface area contributed by atoms with Gasteiger partial charge in [0.1, 0.15) is 0 Å². The van der Waals surface area contributed by atoms with Crippen LogP contribution in [0.3, 0.4) is 0 Å². The van der Waals surface area contributed by atoms with Gasteiger partial charge >= 0.3 is 0 Å². The average molecular weight is 274 g/mol. The summed E-state index contributed by atoms with van der Waals surface area (Å²) in [5.74, 6) is 0.461. The lowest BCUT2D eigenvalue weighted by atomic mass is 10.0. The summed E-state index contributed by atoms with van der Waals surface area (Å²) < 4.78 is 0. The molecular weight excluding hydrogens is 256 g/mol. The molecule has 104 valence electrons. The first kappa shape index (κ1) is 13.5. The van der Waals surface area contributed by atoms with Crippen molar-refractivity contribution in [1.82, 2.24) is 4.98 Å². The maximum atomic E-state index is 4.62. The Hall–Kier alpha value is -2.48. The van der Waals surface area contributed by atoms with E-state index in [1.807, 2.05) is 42.6 Å². The van der Waals surface area contributed by atoms with Crippen molar-refractivity contribution < 1.29 is 0 Å². The minimum atomic E-state index is 0.461. The van der Waals surface area contributed by atoms with Crippen molar-refractivity contribution in [3.05, 3.63) is 71.9 Å². The van der Waals surface area contributed by atoms with E-state index in [2.05, 4.69) is 48.1 Å². The number of hydrogen-bond donors (Lipinski definition) is 0. The van der Waals surface area contributed by atoms with Crippen LogP contribution in [0.15, 0.2) is 65.7 Å². The summed E-state index contributed by atoms with van der Waals surface area (Å²) in [5.41, 5.74) is 4.16. The summed E-state index contributed by atoms with van der Waals surface area (Å²) in [7, 11) is 0. The van der Waals surface area contributed by atoms with E-state index in [4.69, 9.17) is 0 Å². The third kappa shape index (κ3) is 3.00. The Kier molecular flexibility index (Phi) is 3.78. The van der Waals surface area contributed by atoms with Crippen molar-refractivity contribution in [3.63, 3.8) is 0 Å². The fourth-order valence-electron chi connectivity index (χ4n) is 2.38. The second kappa shape index (κ2) is 5.88. The molecule has 2 nitrogen and oxygen atoms in total. The number of pyridine rings is 1. The van der Waals surface area contributed by atoms with Gasteiger partial charge in [0, 0.05) is 5.39 Å². The number of aromatic nitrogens is 1. The SMILES string of the molecule is CC(C)c1ccccc1N=Cc1ccc2ccccc2n1. The molecule has 0 saturated carbocycles. The number of rotatable bonds is 3. The Morgan fingerprint density at radius 3 is 2.52 bits per heavy atom. The van der Waals surface area contributed by atoms with Crippen molar-refractivity contribution in [2.75, 3.05) is 0 Å². The molecule has 0 amide bonds. The predicted octanol–water partition coefficient (Wildman–Crippen LogP) is 5.11. The first-order valence-electron chi connectivity index (χ1n) is 7.23. The lowest BCUT2D eigenvalue weighted by Gasteiger charge is -2.08. The van der Waals surface area contributed by atoms with Gasteiger partial charge in [-0.1, -0.05) is 56.3 Å². The van der Waals surface area contributed by atoms with Crippen molar-refractivity contribution in [3.8, 4) is 0 Å². The van der Waals surface area contributed by atoms with E-state index in [-0.39, 0.29) is 0 Å². The standard InChI is InChI=1S/C19H18N2/c1-14(2)17-8-4-6-10-19(17)20-13-16-12-11-15-7-3-5-9-18(15)21-16/h3-14H,1-2H3. The van der Waals surface area contributed by atoms with Gasteiger partial charge in [-0.25, -0.2) is 4.98 Å². The zero-order valence-electron chi connectivity index (χ0n) is 12.3. The van der Waals surface area contributed by atoms with Crippen LogP contribution in [-0.2, 0) is 0 Å². The number of nitrogens with zero attached hydrogens (tertiary/aromatic N) is 2. The molecule has 0 aliphatic rings. The van der Waals surface area contributed by atoms with Crippen molar-refractivity contribution in [1.29, 1.82) is 0 Å². The summed E-state index contributed by atoms with van der Waals surface area (Å²) >= 11 is 0. The lowest BCUT2D eigenvalue weighted by molar-refractivity contribution is 0.867. The highest BCUT2D eigenvalue weighted by Gasteiger charge is 2.04. The highest BCUT2D eigenvalue weighted by Crippen LogP contribution is 2.26. The largest absolute Gasteiger partial charge is 0.254 e. The maximum Gasteiger partial charge on any atom is 0.0820 e. The number of hydrogen-bond acceptors (Lipinski definition) is 2. The van der Waals surface area contributed by atoms with Crippen LogP contribution in [0.4, 0.5) is 5.69 Å². The molecule has 21 heavy (non-hydrogen) atoms. The van der Waals surface area contributed by atoms with E-state index < -0.39 is 0 Å². The molecule has 3 rings (SSSR count). The molecule has 0 N–H and O–H groups in total. The van der Waals surface area contributed by atoms with Gasteiger partial charge in [-0.15, -0.1) is 0 Å². The van der Waals surface area contributed by atoms with Gasteiger partial charge in [0.25, 0.3) is 0 Å². The molecule has 2 heteroatoms. The van der Waals surface area contributed by atoms with Gasteiger partial charge in [-0.2, -0.15) is 0 Å². The molecule has 0 unspecified atom stereocenters. The van der Waals surface area contributed by atoms with Gasteiger partial charge in [0.15, 0.2) is 0 Å². The van der Waals surface area contributed by atoms with Gasteiger partial charge < -0.3 is 0 Å². The van der Waals surface area contributed by atoms with Gasteiger partial charge in [-0.05, 0) is 29.7 Å². The topological polar surface area (TPSA) is 25.2 Å². The maximum absolute atomic E-state index is 4.62. The quantitative estimate of drug-likeness (QED) is 0.609. The highest BCUT2D eigenvalue weighted by molar-refractivity contribution is 5.86. The van der Waals surface area contributed by atoms with Crippen LogP contribution in [0.5, 0.6) is 0 Å². The van der Waals surface area contributed by atoms with Gasteiger partial charge in [-0.3, -0.25) is 4.99 Å². The molecule has 1 heterocycles. The number of fused-ring (bicyclic) bond motifs is 1. The second-order valence-corrected chi connectivity index (χ2v) is 5.40. The van der Waals surface area contributed by atoms with Crippen molar-refractivity contribution in [2.24, 2.45) is 4.99 Å². The second-order valence-electron chi connectivity index (χ2n) is 5.40. The molecule has 3 aromatic rings. The van der Waals surface area contributed by atoms with Crippen LogP contribution in [0.1, 0.15) is 31.0 Å². The molecule has 0 saturated heterocycles. The summed E-state index contributed by atoms with van der Waals surface area (Å²) in [6, 6.07) is 20.5. The molecule has 0 atom stereocenters. The van der Waals surface area contributed by atoms with Crippen LogP contribution in [0.25, 0.3) is 10.9 Å². The molecule has 2 aromatic carbocycles. The third-order valence-corrected chi connectivity index (χ3v) is 3.51. The van der Waals surface area contributed by atoms with Crippen LogP contribution < -0.4 is 0 Å². The van der Waals surface area contributed by atoms with E-state index in [0.29, 0.717) is 5.92 Å². The van der Waals surface area contributed by atoms with Crippen LogP contribution in [0, 0.1) is 0 Å². The van der Waals surface area contributed by atoms with E-state index in [9.17, 15) is 0 Å². The monoisotopic (exact) mass is 274 g/mol. The summed E-state index contributed by atoms with van der Waals surface area (Å²) in [6.45, 7) is 4.37. The average Bonchev–Trinajstić information content (AvgIpc) is 2.53.